The number of hydrogen-bond donors (Lipinski definition) is 2. The Morgan fingerprint density at radius 2 is 2.27 bits per heavy atom. The predicted octanol–water partition coefficient (Wildman–Crippen LogP) is 1.14. The Balaban J connectivity index is 1.56. The topological polar surface area (TPSA) is 61.8 Å². The fourth-order valence-corrected chi connectivity index (χ4v) is 3.84. The summed E-state index contributed by atoms with van der Waals surface area (Å²) in [7, 11) is 0. The third kappa shape index (κ3) is 2.16. The molecule has 5 heteroatoms. The molecule has 1 aromatic rings. The number of piperazine rings is 1. The van der Waals surface area contributed by atoms with Crippen molar-refractivity contribution >= 4 is 5.97 Å². The number of aliphatic hydroxyl groups is 1. The van der Waals surface area contributed by atoms with Gasteiger partial charge in [-0.2, -0.15) is 0 Å². The minimum atomic E-state index is -0.517. The van der Waals surface area contributed by atoms with E-state index in [9.17, 15) is 9.90 Å². The van der Waals surface area contributed by atoms with Gasteiger partial charge in [-0.05, 0) is 37.0 Å². The lowest BCUT2D eigenvalue weighted by Gasteiger charge is -2.38. The standard InChI is InChI=1S/C17H22N2O3/c1-11-12(2-3-13-14(11)9-22-16(13)21)15(20)8-19-7-6-18-10-17(19)4-5-17/h2-3,15,18,20H,4-10H2,1H3. The SMILES string of the molecule is Cc1c(C(O)CN2CCNCC23CC3)ccc2c1COC2=O. The smallest absolute Gasteiger partial charge is 0.338 e. The van der Waals surface area contributed by atoms with Gasteiger partial charge in [0.1, 0.15) is 6.61 Å². The van der Waals surface area contributed by atoms with Crippen LogP contribution in [0.2, 0.25) is 0 Å². The van der Waals surface area contributed by atoms with Gasteiger partial charge in [-0.25, -0.2) is 4.79 Å². The van der Waals surface area contributed by atoms with Gasteiger partial charge < -0.3 is 15.2 Å². The van der Waals surface area contributed by atoms with E-state index in [1.54, 1.807) is 6.07 Å². The van der Waals surface area contributed by atoms with E-state index in [4.69, 9.17) is 4.74 Å². The summed E-state index contributed by atoms with van der Waals surface area (Å²) in [4.78, 5) is 14.0. The lowest BCUT2D eigenvalue weighted by atomic mass is 9.94. The summed E-state index contributed by atoms with van der Waals surface area (Å²) >= 11 is 0. The summed E-state index contributed by atoms with van der Waals surface area (Å²) in [5.74, 6) is -0.252. The molecule has 1 aliphatic carbocycles. The number of fused-ring (bicyclic) bond motifs is 1. The largest absolute Gasteiger partial charge is 0.457 e. The van der Waals surface area contributed by atoms with E-state index in [0.717, 1.165) is 36.3 Å². The molecule has 1 unspecified atom stereocenters. The van der Waals surface area contributed by atoms with E-state index < -0.39 is 6.10 Å². The molecule has 5 nitrogen and oxygen atoms in total. The average Bonchev–Trinajstić information content (AvgIpc) is 3.18. The molecule has 1 saturated heterocycles. The Kier molecular flexibility index (Phi) is 3.25. The summed E-state index contributed by atoms with van der Waals surface area (Å²) < 4.78 is 5.09. The number of nitrogens with zero attached hydrogens (tertiary/aromatic N) is 1. The molecule has 1 aromatic carbocycles. The van der Waals surface area contributed by atoms with Crippen LogP contribution in [-0.2, 0) is 11.3 Å². The third-order valence-electron chi connectivity index (χ3n) is 5.47. The van der Waals surface area contributed by atoms with Crippen molar-refractivity contribution in [3.05, 3.63) is 34.4 Å². The van der Waals surface area contributed by atoms with E-state index in [0.29, 0.717) is 18.7 Å². The highest BCUT2D eigenvalue weighted by Crippen LogP contribution is 2.43. The van der Waals surface area contributed by atoms with E-state index in [1.165, 1.54) is 12.8 Å². The van der Waals surface area contributed by atoms with Crippen molar-refractivity contribution in [2.75, 3.05) is 26.2 Å². The zero-order valence-corrected chi connectivity index (χ0v) is 12.9. The Bertz CT molecular complexity index is 625. The van der Waals surface area contributed by atoms with Gasteiger partial charge in [-0.15, -0.1) is 0 Å². The maximum absolute atomic E-state index is 11.6. The molecule has 0 bridgehead atoms. The first kappa shape index (κ1) is 14.2. The third-order valence-corrected chi connectivity index (χ3v) is 5.47. The van der Waals surface area contributed by atoms with Crippen LogP contribution in [-0.4, -0.2) is 47.7 Å². The minimum absolute atomic E-state index is 0.252. The second kappa shape index (κ2) is 5.05. The van der Waals surface area contributed by atoms with E-state index in [1.807, 2.05) is 13.0 Å². The summed E-state index contributed by atoms with van der Waals surface area (Å²) in [6.45, 7) is 5.98. The number of carbonyl (C=O) groups excluding carboxylic acids is 1. The van der Waals surface area contributed by atoms with Gasteiger partial charge in [-0.3, -0.25) is 4.90 Å². The lowest BCUT2D eigenvalue weighted by Crippen LogP contribution is -2.54. The molecule has 22 heavy (non-hydrogen) atoms. The molecular formula is C17H22N2O3. The highest BCUT2D eigenvalue weighted by molar-refractivity contribution is 5.93. The number of esters is 1. The number of cyclic esters (lactones) is 1. The first-order valence-electron chi connectivity index (χ1n) is 8.04. The molecule has 2 fully saturated rings. The summed E-state index contributed by atoms with van der Waals surface area (Å²) in [6, 6.07) is 3.67. The Labute approximate surface area is 130 Å². The summed E-state index contributed by atoms with van der Waals surface area (Å²) in [5.41, 5.74) is 3.78. The van der Waals surface area contributed by atoms with E-state index in [2.05, 4.69) is 10.2 Å². The fourth-order valence-electron chi connectivity index (χ4n) is 3.84. The first-order valence-corrected chi connectivity index (χ1v) is 8.04. The molecule has 3 aliphatic rings. The molecule has 1 spiro atoms. The summed E-state index contributed by atoms with van der Waals surface area (Å²) in [5, 5.41) is 14.2. The zero-order chi connectivity index (χ0) is 15.3. The number of nitrogens with one attached hydrogen (secondary N) is 1. The van der Waals surface area contributed by atoms with Crippen molar-refractivity contribution in [1.82, 2.24) is 10.2 Å². The van der Waals surface area contributed by atoms with Crippen LogP contribution in [0.3, 0.4) is 0 Å². The molecule has 0 amide bonds. The van der Waals surface area contributed by atoms with Crippen LogP contribution in [0.4, 0.5) is 0 Å². The molecule has 4 rings (SSSR count). The lowest BCUT2D eigenvalue weighted by molar-refractivity contribution is 0.0534. The Hall–Kier alpha value is -1.43. The maximum atomic E-state index is 11.6. The van der Waals surface area contributed by atoms with Crippen molar-refractivity contribution in [3.8, 4) is 0 Å². The van der Waals surface area contributed by atoms with Gasteiger partial charge in [0.2, 0.25) is 0 Å². The van der Waals surface area contributed by atoms with Crippen LogP contribution in [0.25, 0.3) is 0 Å². The van der Waals surface area contributed by atoms with Crippen LogP contribution in [0.15, 0.2) is 12.1 Å². The highest BCUT2D eigenvalue weighted by atomic mass is 16.5. The number of benzene rings is 1. The number of carbonyl (C=O) groups is 1. The van der Waals surface area contributed by atoms with Crippen molar-refractivity contribution in [1.29, 1.82) is 0 Å². The zero-order valence-electron chi connectivity index (χ0n) is 12.9. The van der Waals surface area contributed by atoms with Crippen LogP contribution >= 0.6 is 0 Å². The minimum Gasteiger partial charge on any atom is -0.457 e. The number of ether oxygens (including phenoxy) is 1. The molecule has 0 radical (unpaired) electrons. The van der Waals surface area contributed by atoms with Crippen LogP contribution in [0.5, 0.6) is 0 Å². The highest BCUT2D eigenvalue weighted by Gasteiger charge is 2.49. The molecule has 2 heterocycles. The second-order valence-electron chi connectivity index (χ2n) is 6.74. The quantitative estimate of drug-likeness (QED) is 0.820. The van der Waals surface area contributed by atoms with E-state index in [-0.39, 0.29) is 11.5 Å². The van der Waals surface area contributed by atoms with Gasteiger partial charge in [-0.1, -0.05) is 6.07 Å². The molecule has 1 saturated carbocycles. The van der Waals surface area contributed by atoms with Crippen LogP contribution in [0.1, 0.15) is 46.0 Å². The van der Waals surface area contributed by atoms with Crippen molar-refractivity contribution in [3.63, 3.8) is 0 Å². The van der Waals surface area contributed by atoms with Crippen molar-refractivity contribution in [2.45, 2.75) is 38.0 Å². The van der Waals surface area contributed by atoms with Crippen molar-refractivity contribution in [2.24, 2.45) is 0 Å². The first-order chi connectivity index (χ1) is 10.6. The molecule has 118 valence electrons. The van der Waals surface area contributed by atoms with E-state index >= 15 is 0 Å². The Morgan fingerprint density at radius 3 is 3.05 bits per heavy atom. The number of hydrogen-bond acceptors (Lipinski definition) is 5. The predicted molar refractivity (Wildman–Crippen MR) is 81.7 cm³/mol. The normalized spacial score (nSPS) is 24.2. The van der Waals surface area contributed by atoms with Crippen LogP contribution in [0, 0.1) is 6.92 Å². The van der Waals surface area contributed by atoms with Crippen molar-refractivity contribution < 1.29 is 14.6 Å². The Morgan fingerprint density at radius 1 is 1.45 bits per heavy atom. The summed E-state index contributed by atoms with van der Waals surface area (Å²) in [6.07, 6.45) is 1.92. The molecular weight excluding hydrogens is 280 g/mol. The van der Waals surface area contributed by atoms with Gasteiger partial charge in [0.05, 0.1) is 11.7 Å². The van der Waals surface area contributed by atoms with Gasteiger partial charge in [0.15, 0.2) is 0 Å². The number of rotatable bonds is 3. The van der Waals surface area contributed by atoms with Crippen LogP contribution < -0.4 is 5.32 Å². The monoisotopic (exact) mass is 302 g/mol. The number of β-amino-alcohol motifs (C(OH)–C–C–N with tert-alkyl or cyclic N) is 1. The molecule has 0 aromatic heterocycles. The fraction of sp³-hybridized carbons (Fsp3) is 0.588. The van der Waals surface area contributed by atoms with Gasteiger partial charge in [0.25, 0.3) is 0 Å². The van der Waals surface area contributed by atoms with Gasteiger partial charge >= 0.3 is 5.97 Å². The molecule has 2 aliphatic heterocycles. The molecule has 1 atom stereocenters. The molecule has 2 N–H and O–H groups in total. The second-order valence-corrected chi connectivity index (χ2v) is 6.74. The van der Waals surface area contributed by atoms with Gasteiger partial charge in [0, 0.05) is 37.3 Å². The average molecular weight is 302 g/mol. The number of aliphatic hydroxyl groups excluding tert-OH is 1. The maximum Gasteiger partial charge on any atom is 0.338 e.